The molecule has 0 saturated heterocycles. The summed E-state index contributed by atoms with van der Waals surface area (Å²) < 4.78 is 5.21. The molecule has 0 radical (unpaired) electrons. The molecule has 0 saturated carbocycles. The zero-order valence-electron chi connectivity index (χ0n) is 13.8. The molecule has 5 nitrogen and oxygen atoms in total. The molecule has 1 N–H and O–H groups in total. The highest BCUT2D eigenvalue weighted by Crippen LogP contribution is 2.40. The number of rotatable bonds is 4. The SMILES string of the molecule is CCOC(=O)c1c(NC(=O)c2cccnc2)sc2c1CC[C@H](C)C2. The molecule has 0 fully saturated rings. The van der Waals surface area contributed by atoms with E-state index in [1.165, 1.54) is 22.4 Å². The van der Waals surface area contributed by atoms with Crippen LogP contribution in [0.4, 0.5) is 5.00 Å². The van der Waals surface area contributed by atoms with E-state index in [0.717, 1.165) is 24.8 Å². The van der Waals surface area contributed by atoms with Gasteiger partial charge in [-0.05, 0) is 49.8 Å². The van der Waals surface area contributed by atoms with Crippen molar-refractivity contribution in [1.82, 2.24) is 4.98 Å². The molecule has 0 aromatic carbocycles. The third-order valence-corrected chi connectivity index (χ3v) is 5.31. The fourth-order valence-electron chi connectivity index (χ4n) is 2.93. The zero-order chi connectivity index (χ0) is 17.1. The fourth-order valence-corrected chi connectivity index (χ4v) is 4.32. The molecule has 1 aliphatic carbocycles. The second-order valence-electron chi connectivity index (χ2n) is 5.97. The molecule has 24 heavy (non-hydrogen) atoms. The van der Waals surface area contributed by atoms with Gasteiger partial charge in [0.15, 0.2) is 0 Å². The van der Waals surface area contributed by atoms with Crippen molar-refractivity contribution >= 4 is 28.2 Å². The zero-order valence-corrected chi connectivity index (χ0v) is 14.6. The second-order valence-corrected chi connectivity index (χ2v) is 7.08. The Morgan fingerprint density at radius 1 is 1.46 bits per heavy atom. The highest BCUT2D eigenvalue weighted by atomic mass is 32.1. The van der Waals surface area contributed by atoms with Crippen molar-refractivity contribution in [1.29, 1.82) is 0 Å². The average molecular weight is 344 g/mol. The van der Waals surface area contributed by atoms with E-state index >= 15 is 0 Å². The first-order valence-electron chi connectivity index (χ1n) is 8.13. The van der Waals surface area contributed by atoms with E-state index in [1.54, 1.807) is 25.3 Å². The first-order valence-corrected chi connectivity index (χ1v) is 8.94. The molecule has 0 bridgehead atoms. The summed E-state index contributed by atoms with van der Waals surface area (Å²) in [5.41, 5.74) is 2.03. The molecular formula is C18H20N2O3S. The van der Waals surface area contributed by atoms with Gasteiger partial charge in [0.25, 0.3) is 5.91 Å². The average Bonchev–Trinajstić information content (AvgIpc) is 2.92. The van der Waals surface area contributed by atoms with Gasteiger partial charge in [-0.1, -0.05) is 6.92 Å². The summed E-state index contributed by atoms with van der Waals surface area (Å²) in [6.07, 6.45) is 5.96. The van der Waals surface area contributed by atoms with Crippen molar-refractivity contribution < 1.29 is 14.3 Å². The molecule has 1 aliphatic rings. The Morgan fingerprint density at radius 3 is 3.00 bits per heavy atom. The van der Waals surface area contributed by atoms with Crippen LogP contribution < -0.4 is 5.32 Å². The van der Waals surface area contributed by atoms with Crippen LogP contribution in [0.2, 0.25) is 0 Å². The number of nitrogens with zero attached hydrogens (tertiary/aromatic N) is 1. The molecule has 2 aromatic heterocycles. The van der Waals surface area contributed by atoms with Crippen molar-refractivity contribution in [3.05, 3.63) is 46.1 Å². The number of thiophene rings is 1. The Morgan fingerprint density at radius 2 is 2.29 bits per heavy atom. The lowest BCUT2D eigenvalue weighted by Gasteiger charge is -2.18. The number of hydrogen-bond donors (Lipinski definition) is 1. The van der Waals surface area contributed by atoms with Crippen molar-refractivity contribution in [3.63, 3.8) is 0 Å². The molecule has 0 aliphatic heterocycles. The Labute approximate surface area is 145 Å². The summed E-state index contributed by atoms with van der Waals surface area (Å²) in [4.78, 5) is 30.0. The number of pyridine rings is 1. The molecule has 2 aromatic rings. The van der Waals surface area contributed by atoms with Crippen molar-refractivity contribution in [2.24, 2.45) is 5.92 Å². The molecule has 3 rings (SSSR count). The van der Waals surface area contributed by atoms with Crippen LogP contribution in [0.3, 0.4) is 0 Å². The number of fused-ring (bicyclic) bond motifs is 1. The van der Waals surface area contributed by atoms with Gasteiger partial charge < -0.3 is 10.1 Å². The highest BCUT2D eigenvalue weighted by molar-refractivity contribution is 7.17. The molecule has 126 valence electrons. The maximum atomic E-state index is 12.4. The Hall–Kier alpha value is -2.21. The van der Waals surface area contributed by atoms with Crippen LogP contribution in [0, 0.1) is 5.92 Å². The van der Waals surface area contributed by atoms with Crippen LogP contribution in [-0.2, 0) is 17.6 Å². The van der Waals surface area contributed by atoms with E-state index in [0.29, 0.717) is 28.7 Å². The molecule has 0 unspecified atom stereocenters. The van der Waals surface area contributed by atoms with Gasteiger partial charge in [-0.2, -0.15) is 0 Å². The van der Waals surface area contributed by atoms with E-state index in [9.17, 15) is 9.59 Å². The summed E-state index contributed by atoms with van der Waals surface area (Å²) >= 11 is 1.49. The van der Waals surface area contributed by atoms with Gasteiger partial charge in [-0.3, -0.25) is 9.78 Å². The summed E-state index contributed by atoms with van der Waals surface area (Å²) in [7, 11) is 0. The minimum atomic E-state index is -0.356. The molecule has 6 heteroatoms. The molecular weight excluding hydrogens is 324 g/mol. The number of carbonyl (C=O) groups excluding carboxylic acids is 2. The summed E-state index contributed by atoms with van der Waals surface area (Å²) in [6, 6.07) is 3.41. The molecule has 2 heterocycles. The number of hydrogen-bond acceptors (Lipinski definition) is 5. The van der Waals surface area contributed by atoms with Crippen molar-refractivity contribution in [3.8, 4) is 0 Å². The summed E-state index contributed by atoms with van der Waals surface area (Å²) in [5.74, 6) is -0.0283. The largest absolute Gasteiger partial charge is 0.462 e. The van der Waals surface area contributed by atoms with Crippen molar-refractivity contribution in [2.45, 2.75) is 33.1 Å². The number of esters is 1. The lowest BCUT2D eigenvalue weighted by Crippen LogP contribution is -2.16. The van der Waals surface area contributed by atoms with Gasteiger partial charge in [0, 0.05) is 17.3 Å². The Kier molecular flexibility index (Phi) is 4.94. The normalized spacial score (nSPS) is 16.3. The molecule has 1 amide bonds. The number of amides is 1. The van der Waals surface area contributed by atoms with Gasteiger partial charge in [0.05, 0.1) is 17.7 Å². The Bertz CT molecular complexity index is 755. The van der Waals surface area contributed by atoms with E-state index in [1.807, 2.05) is 0 Å². The number of ether oxygens (including phenoxy) is 1. The number of nitrogens with one attached hydrogen (secondary N) is 1. The van der Waals surface area contributed by atoms with Crippen LogP contribution in [-0.4, -0.2) is 23.5 Å². The van der Waals surface area contributed by atoms with Crippen LogP contribution in [0.1, 0.15) is 51.4 Å². The summed E-state index contributed by atoms with van der Waals surface area (Å²) in [5, 5.41) is 3.46. The number of aromatic nitrogens is 1. The quantitative estimate of drug-likeness (QED) is 0.859. The molecule has 0 spiro atoms. The van der Waals surface area contributed by atoms with E-state index < -0.39 is 0 Å². The first-order chi connectivity index (χ1) is 11.6. The first kappa shape index (κ1) is 16.6. The van der Waals surface area contributed by atoms with Gasteiger partial charge in [0.2, 0.25) is 0 Å². The number of carbonyl (C=O) groups is 2. The maximum Gasteiger partial charge on any atom is 0.341 e. The van der Waals surface area contributed by atoms with Crippen molar-refractivity contribution in [2.75, 3.05) is 11.9 Å². The standard InChI is InChI=1S/C18H20N2O3S/c1-3-23-18(22)15-13-7-6-11(2)9-14(13)24-17(15)20-16(21)12-5-4-8-19-10-12/h4-5,8,10-11H,3,6-7,9H2,1-2H3,(H,20,21)/t11-/m0/s1. The Balaban J connectivity index is 1.94. The minimum Gasteiger partial charge on any atom is -0.462 e. The van der Waals surface area contributed by atoms with Gasteiger partial charge in [0.1, 0.15) is 5.00 Å². The minimum absolute atomic E-state index is 0.264. The lowest BCUT2D eigenvalue weighted by atomic mass is 9.88. The van der Waals surface area contributed by atoms with E-state index in [2.05, 4.69) is 17.2 Å². The monoisotopic (exact) mass is 344 g/mol. The van der Waals surface area contributed by atoms with E-state index in [4.69, 9.17) is 4.74 Å². The summed E-state index contributed by atoms with van der Waals surface area (Å²) in [6.45, 7) is 4.31. The van der Waals surface area contributed by atoms with E-state index in [-0.39, 0.29) is 11.9 Å². The van der Waals surface area contributed by atoms with Gasteiger partial charge in [-0.15, -0.1) is 11.3 Å². The molecule has 1 atom stereocenters. The van der Waals surface area contributed by atoms with Gasteiger partial charge in [-0.25, -0.2) is 4.79 Å². The van der Waals surface area contributed by atoms with Crippen LogP contribution in [0.25, 0.3) is 0 Å². The van der Waals surface area contributed by atoms with Crippen LogP contribution in [0.15, 0.2) is 24.5 Å². The van der Waals surface area contributed by atoms with Crippen LogP contribution in [0.5, 0.6) is 0 Å². The maximum absolute atomic E-state index is 12.4. The third kappa shape index (κ3) is 3.33. The fraction of sp³-hybridized carbons (Fsp3) is 0.389. The van der Waals surface area contributed by atoms with Gasteiger partial charge >= 0.3 is 5.97 Å². The lowest BCUT2D eigenvalue weighted by molar-refractivity contribution is 0.0526. The predicted octanol–water partition coefficient (Wildman–Crippen LogP) is 3.70. The topological polar surface area (TPSA) is 68.3 Å². The number of anilines is 1. The smallest absolute Gasteiger partial charge is 0.341 e. The highest BCUT2D eigenvalue weighted by Gasteiger charge is 2.29. The predicted molar refractivity (Wildman–Crippen MR) is 93.7 cm³/mol. The van der Waals surface area contributed by atoms with Crippen LogP contribution >= 0.6 is 11.3 Å². The third-order valence-electron chi connectivity index (χ3n) is 4.14. The second kappa shape index (κ2) is 7.13.